The molecule has 0 aromatic heterocycles. The molecule has 1 saturated carbocycles. The molecule has 1 aliphatic carbocycles. The highest BCUT2D eigenvalue weighted by Crippen LogP contribution is 2.33. The maximum Gasteiger partial charge on any atom is 0.133 e. The summed E-state index contributed by atoms with van der Waals surface area (Å²) in [7, 11) is 1.68. The SMILES string of the molecule is COc1ccc(CCC(N)C2CC2)cc1Br. The van der Waals surface area contributed by atoms with Crippen molar-refractivity contribution in [1.82, 2.24) is 0 Å². The summed E-state index contributed by atoms with van der Waals surface area (Å²) in [6.07, 6.45) is 4.80. The molecule has 88 valence electrons. The lowest BCUT2D eigenvalue weighted by Crippen LogP contribution is -2.22. The van der Waals surface area contributed by atoms with Gasteiger partial charge < -0.3 is 10.5 Å². The summed E-state index contributed by atoms with van der Waals surface area (Å²) < 4.78 is 6.22. The van der Waals surface area contributed by atoms with E-state index in [1.165, 1.54) is 18.4 Å². The number of rotatable bonds is 5. The van der Waals surface area contributed by atoms with Crippen molar-refractivity contribution in [2.45, 2.75) is 31.7 Å². The summed E-state index contributed by atoms with van der Waals surface area (Å²) in [5.41, 5.74) is 7.41. The maximum absolute atomic E-state index is 6.08. The van der Waals surface area contributed by atoms with Gasteiger partial charge in [-0.15, -0.1) is 0 Å². The van der Waals surface area contributed by atoms with Gasteiger partial charge in [-0.3, -0.25) is 0 Å². The largest absolute Gasteiger partial charge is 0.496 e. The Labute approximate surface area is 105 Å². The number of halogens is 1. The van der Waals surface area contributed by atoms with Crippen LogP contribution in [0.15, 0.2) is 22.7 Å². The number of aryl methyl sites for hydroxylation is 1. The molecule has 1 aromatic rings. The highest BCUT2D eigenvalue weighted by Gasteiger charge is 2.27. The molecule has 0 heterocycles. The van der Waals surface area contributed by atoms with Crippen LogP contribution in [0, 0.1) is 5.92 Å². The summed E-state index contributed by atoms with van der Waals surface area (Å²) in [6.45, 7) is 0. The van der Waals surface area contributed by atoms with Gasteiger partial charge in [0.1, 0.15) is 5.75 Å². The Morgan fingerprint density at radius 2 is 2.25 bits per heavy atom. The molecule has 2 nitrogen and oxygen atoms in total. The molecule has 2 N–H and O–H groups in total. The average molecular weight is 284 g/mol. The van der Waals surface area contributed by atoms with Crippen molar-refractivity contribution in [3.05, 3.63) is 28.2 Å². The molecule has 0 spiro atoms. The van der Waals surface area contributed by atoms with Crippen LogP contribution in [-0.2, 0) is 6.42 Å². The second kappa shape index (κ2) is 5.19. The van der Waals surface area contributed by atoms with Crippen LogP contribution >= 0.6 is 15.9 Å². The van der Waals surface area contributed by atoms with Gasteiger partial charge >= 0.3 is 0 Å². The van der Waals surface area contributed by atoms with Crippen molar-refractivity contribution < 1.29 is 4.74 Å². The third-order valence-electron chi connectivity index (χ3n) is 3.21. The third kappa shape index (κ3) is 2.98. The molecule has 3 heteroatoms. The fourth-order valence-corrected chi connectivity index (χ4v) is 2.55. The van der Waals surface area contributed by atoms with E-state index < -0.39 is 0 Å². The minimum Gasteiger partial charge on any atom is -0.496 e. The molecule has 1 aromatic carbocycles. The number of ether oxygens (including phenoxy) is 1. The van der Waals surface area contributed by atoms with E-state index >= 15 is 0 Å². The first-order valence-corrected chi connectivity index (χ1v) is 6.58. The van der Waals surface area contributed by atoms with E-state index in [4.69, 9.17) is 10.5 Å². The predicted molar refractivity (Wildman–Crippen MR) is 69.7 cm³/mol. The van der Waals surface area contributed by atoms with Crippen LogP contribution in [0.4, 0.5) is 0 Å². The first kappa shape index (κ1) is 11.9. The molecule has 0 saturated heterocycles. The van der Waals surface area contributed by atoms with Crippen molar-refractivity contribution in [2.24, 2.45) is 11.7 Å². The molecular weight excluding hydrogens is 266 g/mol. The Bertz CT molecular complexity index is 363. The summed E-state index contributed by atoms with van der Waals surface area (Å²) in [6, 6.07) is 6.63. The third-order valence-corrected chi connectivity index (χ3v) is 3.83. The van der Waals surface area contributed by atoms with E-state index in [2.05, 4.69) is 28.1 Å². The van der Waals surface area contributed by atoms with Gasteiger partial charge in [-0.25, -0.2) is 0 Å². The van der Waals surface area contributed by atoms with Gasteiger partial charge in [0.15, 0.2) is 0 Å². The Morgan fingerprint density at radius 1 is 1.50 bits per heavy atom. The second-order valence-corrected chi connectivity index (χ2v) is 5.36. The van der Waals surface area contributed by atoms with Crippen LogP contribution in [0.3, 0.4) is 0 Å². The van der Waals surface area contributed by atoms with Crippen LogP contribution in [0.2, 0.25) is 0 Å². The lowest BCUT2D eigenvalue weighted by Gasteiger charge is -2.10. The fourth-order valence-electron chi connectivity index (χ4n) is 1.96. The topological polar surface area (TPSA) is 35.2 Å². The standard InChI is InChI=1S/C13H18BrNO/c1-16-13-7-3-9(8-11(13)14)2-6-12(15)10-4-5-10/h3,7-8,10,12H,2,4-6,15H2,1H3. The summed E-state index contributed by atoms with van der Waals surface area (Å²) >= 11 is 3.50. The van der Waals surface area contributed by atoms with E-state index in [-0.39, 0.29) is 0 Å². The lowest BCUT2D eigenvalue weighted by molar-refractivity contribution is 0.412. The Balaban J connectivity index is 1.91. The summed E-state index contributed by atoms with van der Waals surface area (Å²) in [5.74, 6) is 1.68. The molecular formula is C13H18BrNO. The first-order chi connectivity index (χ1) is 7.70. The van der Waals surface area contributed by atoms with Crippen molar-refractivity contribution in [3.8, 4) is 5.75 Å². The van der Waals surface area contributed by atoms with Crippen molar-refractivity contribution in [3.63, 3.8) is 0 Å². The molecule has 2 rings (SSSR count). The van der Waals surface area contributed by atoms with Crippen LogP contribution in [-0.4, -0.2) is 13.2 Å². The van der Waals surface area contributed by atoms with Gasteiger partial charge in [-0.1, -0.05) is 6.07 Å². The number of nitrogens with two attached hydrogens (primary N) is 1. The highest BCUT2D eigenvalue weighted by atomic mass is 79.9. The second-order valence-electron chi connectivity index (χ2n) is 4.51. The molecule has 0 radical (unpaired) electrons. The van der Waals surface area contributed by atoms with Crippen LogP contribution in [0.25, 0.3) is 0 Å². The maximum atomic E-state index is 6.08. The molecule has 0 bridgehead atoms. The average Bonchev–Trinajstić information content (AvgIpc) is 3.10. The zero-order valence-corrected chi connectivity index (χ0v) is 11.2. The van der Waals surface area contributed by atoms with Gasteiger partial charge in [-0.05, 0) is 65.2 Å². The van der Waals surface area contributed by atoms with Gasteiger partial charge in [-0.2, -0.15) is 0 Å². The zero-order chi connectivity index (χ0) is 11.5. The monoisotopic (exact) mass is 283 g/mol. The fraction of sp³-hybridized carbons (Fsp3) is 0.538. The van der Waals surface area contributed by atoms with Crippen LogP contribution in [0.5, 0.6) is 5.75 Å². The smallest absolute Gasteiger partial charge is 0.133 e. The van der Waals surface area contributed by atoms with E-state index in [9.17, 15) is 0 Å². The first-order valence-electron chi connectivity index (χ1n) is 5.78. The molecule has 1 unspecified atom stereocenters. The summed E-state index contributed by atoms with van der Waals surface area (Å²) in [5, 5.41) is 0. The number of benzene rings is 1. The van der Waals surface area contributed by atoms with Gasteiger partial charge in [0.25, 0.3) is 0 Å². The van der Waals surface area contributed by atoms with Crippen molar-refractivity contribution in [2.75, 3.05) is 7.11 Å². The van der Waals surface area contributed by atoms with Gasteiger partial charge in [0.05, 0.1) is 11.6 Å². The quantitative estimate of drug-likeness (QED) is 0.901. The van der Waals surface area contributed by atoms with E-state index in [0.717, 1.165) is 29.0 Å². The van der Waals surface area contributed by atoms with Crippen LogP contribution in [0.1, 0.15) is 24.8 Å². The minimum absolute atomic E-state index is 0.390. The molecule has 1 aliphatic rings. The Kier molecular flexibility index (Phi) is 3.87. The van der Waals surface area contributed by atoms with E-state index in [1.54, 1.807) is 7.11 Å². The number of hydrogen-bond donors (Lipinski definition) is 1. The lowest BCUT2D eigenvalue weighted by atomic mass is 10.0. The number of methoxy groups -OCH3 is 1. The molecule has 16 heavy (non-hydrogen) atoms. The minimum atomic E-state index is 0.390. The normalized spacial score (nSPS) is 17.2. The van der Waals surface area contributed by atoms with Gasteiger partial charge in [0.2, 0.25) is 0 Å². The Morgan fingerprint density at radius 3 is 2.81 bits per heavy atom. The van der Waals surface area contributed by atoms with E-state index in [0.29, 0.717) is 6.04 Å². The predicted octanol–water partition coefficient (Wildman–Crippen LogP) is 3.13. The molecule has 0 amide bonds. The molecule has 1 fully saturated rings. The van der Waals surface area contributed by atoms with Crippen molar-refractivity contribution >= 4 is 15.9 Å². The van der Waals surface area contributed by atoms with E-state index in [1.807, 2.05) is 6.07 Å². The van der Waals surface area contributed by atoms with Gasteiger partial charge in [0, 0.05) is 6.04 Å². The summed E-state index contributed by atoms with van der Waals surface area (Å²) in [4.78, 5) is 0. The number of hydrogen-bond acceptors (Lipinski definition) is 2. The zero-order valence-electron chi connectivity index (χ0n) is 9.58. The van der Waals surface area contributed by atoms with Crippen LogP contribution < -0.4 is 10.5 Å². The van der Waals surface area contributed by atoms with Crippen molar-refractivity contribution in [1.29, 1.82) is 0 Å². The molecule has 0 aliphatic heterocycles. The highest BCUT2D eigenvalue weighted by molar-refractivity contribution is 9.10. The Hall–Kier alpha value is -0.540. The molecule has 1 atom stereocenters.